The van der Waals surface area contributed by atoms with E-state index in [0.717, 1.165) is 17.6 Å². The number of nitrogens with one attached hydrogen (secondary N) is 1. The summed E-state index contributed by atoms with van der Waals surface area (Å²) in [5.74, 6) is -2.21. The van der Waals surface area contributed by atoms with E-state index in [4.69, 9.17) is 0 Å². The zero-order chi connectivity index (χ0) is 23.4. The molecule has 13 heteroatoms. The van der Waals surface area contributed by atoms with Gasteiger partial charge in [0, 0.05) is 25.7 Å². The fourth-order valence-corrected chi connectivity index (χ4v) is 5.40. The third-order valence-corrected chi connectivity index (χ3v) is 7.21. The van der Waals surface area contributed by atoms with Gasteiger partial charge in [-0.1, -0.05) is 0 Å². The molecule has 1 saturated carbocycles. The van der Waals surface area contributed by atoms with Crippen molar-refractivity contribution in [2.24, 2.45) is 7.05 Å². The van der Waals surface area contributed by atoms with Gasteiger partial charge in [-0.25, -0.2) is 21.9 Å². The lowest BCUT2D eigenvalue weighted by Crippen LogP contribution is -2.44. The second kappa shape index (κ2) is 7.13. The van der Waals surface area contributed by atoms with Crippen LogP contribution in [0.5, 0.6) is 0 Å². The lowest BCUT2D eigenvalue weighted by atomic mass is 10.2. The highest BCUT2D eigenvalue weighted by atomic mass is 32.2. The van der Waals surface area contributed by atoms with E-state index in [-0.39, 0.29) is 30.3 Å². The predicted octanol–water partition coefficient (Wildman–Crippen LogP) is 0.204. The summed E-state index contributed by atoms with van der Waals surface area (Å²) < 4.78 is 43.8. The fourth-order valence-electron chi connectivity index (χ4n) is 3.61. The van der Waals surface area contributed by atoms with Crippen molar-refractivity contribution in [3.63, 3.8) is 0 Å². The topological polar surface area (TPSA) is 151 Å². The van der Waals surface area contributed by atoms with Crippen LogP contribution in [0.1, 0.15) is 25.3 Å². The van der Waals surface area contributed by atoms with Crippen molar-refractivity contribution in [2.75, 3.05) is 0 Å². The molecule has 0 spiro atoms. The molecule has 0 saturated heterocycles. The molecule has 1 amide bonds. The Morgan fingerprint density at radius 1 is 1.38 bits per heavy atom. The van der Waals surface area contributed by atoms with Crippen molar-refractivity contribution in [1.29, 1.82) is 5.26 Å². The second-order valence-electron chi connectivity index (χ2n) is 7.60. The summed E-state index contributed by atoms with van der Waals surface area (Å²) in [4.78, 5) is 38.9. The Bertz CT molecular complexity index is 1540. The number of hydrogen-bond donors (Lipinski definition) is 1. The molecule has 32 heavy (non-hydrogen) atoms. The minimum absolute atomic E-state index is 0.128. The number of sulfonamides is 1. The van der Waals surface area contributed by atoms with Gasteiger partial charge in [-0.3, -0.25) is 18.8 Å². The number of aromatic nitrogens is 4. The van der Waals surface area contributed by atoms with Gasteiger partial charge in [-0.05, 0) is 25.0 Å². The molecule has 0 aliphatic heterocycles. The molecule has 1 aromatic carbocycles. The molecule has 2 heterocycles. The Kier molecular flexibility index (Phi) is 4.78. The van der Waals surface area contributed by atoms with Crippen molar-refractivity contribution in [3.8, 4) is 6.07 Å². The first-order chi connectivity index (χ1) is 15.0. The van der Waals surface area contributed by atoms with Crippen LogP contribution >= 0.6 is 0 Å². The van der Waals surface area contributed by atoms with Crippen molar-refractivity contribution >= 4 is 26.8 Å². The number of carbonyl (C=O) groups is 1. The second-order valence-corrected chi connectivity index (χ2v) is 9.36. The summed E-state index contributed by atoms with van der Waals surface area (Å²) in [6, 6.07) is 3.30. The summed E-state index contributed by atoms with van der Waals surface area (Å²) in [5.41, 5.74) is -2.89. The average molecular weight is 460 g/mol. The number of aryl methyl sites for hydroxylation is 1. The van der Waals surface area contributed by atoms with Crippen LogP contribution in [0.4, 0.5) is 4.39 Å². The fraction of sp³-hybridized carbons (Fsp3) is 0.316. The van der Waals surface area contributed by atoms with Gasteiger partial charge >= 0.3 is 5.69 Å². The molecular weight excluding hydrogens is 443 g/mol. The van der Waals surface area contributed by atoms with Gasteiger partial charge < -0.3 is 4.98 Å². The molecule has 1 aliphatic rings. The lowest BCUT2D eigenvalue weighted by Gasteiger charge is -2.25. The van der Waals surface area contributed by atoms with E-state index in [1.165, 1.54) is 10.9 Å². The third kappa shape index (κ3) is 3.28. The predicted molar refractivity (Wildman–Crippen MR) is 108 cm³/mol. The van der Waals surface area contributed by atoms with E-state index in [2.05, 4.69) is 10.1 Å². The van der Waals surface area contributed by atoms with Crippen LogP contribution in [0.2, 0.25) is 0 Å². The maximum absolute atomic E-state index is 14.8. The summed E-state index contributed by atoms with van der Waals surface area (Å²) in [5, 5.41) is 13.1. The van der Waals surface area contributed by atoms with E-state index in [0.29, 0.717) is 15.9 Å². The minimum Gasteiger partial charge on any atom is -0.307 e. The average Bonchev–Trinajstić information content (AvgIpc) is 3.37. The Morgan fingerprint density at radius 2 is 2.06 bits per heavy atom. The SMILES string of the molecule is CC(=O)N(C1(C#N)CC1)S(=O)(=O)c1cc2c(=O)n(Cc3cnn(C)c3)c(=O)[nH]c2cc1F. The highest BCUT2D eigenvalue weighted by Crippen LogP contribution is 2.44. The standard InChI is InChI=1S/C19H17FN6O5S/c1-11(27)26(19(10-21)3-4-19)32(30,31)16-5-13-15(6-14(16)20)23-18(29)25(17(13)28)9-12-7-22-24(2)8-12/h5-8H,3-4,9H2,1-2H3,(H,23,29). The number of amides is 1. The molecular formula is C19H17FN6O5S. The van der Waals surface area contributed by atoms with Crippen LogP contribution in [-0.4, -0.2) is 43.5 Å². The van der Waals surface area contributed by atoms with Crippen LogP contribution in [-0.2, 0) is 28.4 Å². The maximum atomic E-state index is 14.8. The molecule has 1 N–H and O–H groups in total. The van der Waals surface area contributed by atoms with Gasteiger partial charge in [0.25, 0.3) is 15.6 Å². The summed E-state index contributed by atoms with van der Waals surface area (Å²) in [6.07, 6.45) is 3.31. The number of benzene rings is 1. The molecule has 1 aliphatic carbocycles. The highest BCUT2D eigenvalue weighted by Gasteiger charge is 2.56. The summed E-state index contributed by atoms with van der Waals surface area (Å²) in [7, 11) is -3.13. The number of fused-ring (bicyclic) bond motifs is 1. The Hall–Kier alpha value is -3.79. The van der Waals surface area contributed by atoms with E-state index >= 15 is 0 Å². The number of H-pyrrole nitrogens is 1. The summed E-state index contributed by atoms with van der Waals surface area (Å²) >= 11 is 0. The number of hydrogen-bond acceptors (Lipinski definition) is 7. The first-order valence-corrected chi connectivity index (χ1v) is 10.9. The van der Waals surface area contributed by atoms with E-state index < -0.39 is 43.4 Å². The molecule has 3 aromatic rings. The highest BCUT2D eigenvalue weighted by molar-refractivity contribution is 7.89. The largest absolute Gasteiger partial charge is 0.329 e. The normalized spacial score (nSPS) is 14.8. The first-order valence-electron chi connectivity index (χ1n) is 9.41. The Labute approximate surface area is 180 Å². The zero-order valence-electron chi connectivity index (χ0n) is 17.0. The van der Waals surface area contributed by atoms with Gasteiger partial charge in [-0.15, -0.1) is 0 Å². The van der Waals surface area contributed by atoms with Crippen LogP contribution in [0.15, 0.2) is 39.0 Å². The minimum atomic E-state index is -4.79. The molecule has 0 atom stereocenters. The maximum Gasteiger partial charge on any atom is 0.329 e. The molecule has 166 valence electrons. The van der Waals surface area contributed by atoms with Crippen LogP contribution in [0, 0.1) is 17.1 Å². The van der Waals surface area contributed by atoms with Gasteiger partial charge in [-0.2, -0.15) is 10.4 Å². The summed E-state index contributed by atoms with van der Waals surface area (Å²) in [6.45, 7) is 0.820. The van der Waals surface area contributed by atoms with Gasteiger partial charge in [0.2, 0.25) is 5.91 Å². The molecule has 1 fully saturated rings. The van der Waals surface area contributed by atoms with Crippen molar-refractivity contribution in [1.82, 2.24) is 23.6 Å². The quantitative estimate of drug-likeness (QED) is 0.571. The Morgan fingerprint density at radius 3 is 2.59 bits per heavy atom. The van der Waals surface area contributed by atoms with E-state index in [1.807, 2.05) is 0 Å². The molecule has 11 nitrogen and oxygen atoms in total. The van der Waals surface area contributed by atoms with Crippen LogP contribution in [0.25, 0.3) is 10.9 Å². The monoisotopic (exact) mass is 460 g/mol. The van der Waals surface area contributed by atoms with Gasteiger partial charge in [0.05, 0.1) is 29.7 Å². The van der Waals surface area contributed by atoms with Gasteiger partial charge in [0.15, 0.2) is 0 Å². The van der Waals surface area contributed by atoms with Crippen LogP contribution in [0.3, 0.4) is 0 Å². The van der Waals surface area contributed by atoms with E-state index in [9.17, 15) is 32.5 Å². The molecule has 2 aromatic heterocycles. The molecule has 4 rings (SSSR count). The molecule has 0 radical (unpaired) electrons. The smallest absolute Gasteiger partial charge is 0.307 e. The molecule has 0 unspecified atom stereocenters. The number of nitriles is 1. The number of halogens is 1. The number of nitrogens with zero attached hydrogens (tertiary/aromatic N) is 5. The van der Waals surface area contributed by atoms with Crippen molar-refractivity contribution in [3.05, 3.63) is 56.7 Å². The first kappa shape index (κ1) is 21.4. The zero-order valence-corrected chi connectivity index (χ0v) is 17.8. The molecule has 0 bridgehead atoms. The Balaban J connectivity index is 1.91. The van der Waals surface area contributed by atoms with Crippen LogP contribution < -0.4 is 11.2 Å². The van der Waals surface area contributed by atoms with Crippen molar-refractivity contribution < 1.29 is 17.6 Å². The van der Waals surface area contributed by atoms with Crippen molar-refractivity contribution in [2.45, 2.75) is 36.7 Å². The lowest BCUT2D eigenvalue weighted by molar-refractivity contribution is -0.125. The van der Waals surface area contributed by atoms with E-state index in [1.54, 1.807) is 19.3 Å². The number of rotatable bonds is 5. The third-order valence-electron chi connectivity index (χ3n) is 5.26. The number of aromatic amines is 1. The van der Waals surface area contributed by atoms with Gasteiger partial charge in [0.1, 0.15) is 16.3 Å². The number of carbonyl (C=O) groups excluding carboxylic acids is 1.